The Morgan fingerprint density at radius 3 is 2.00 bits per heavy atom. The van der Waals surface area contributed by atoms with E-state index in [0.29, 0.717) is 87.7 Å². The molecule has 0 heterocycles. The fraction of sp³-hybridized carbons (Fsp3) is 0.451. The molecule has 350 valence electrons. The number of allylic oxidation sites excluding steroid dienone is 5. The van der Waals surface area contributed by atoms with E-state index in [9.17, 15) is 19.2 Å². The van der Waals surface area contributed by atoms with Gasteiger partial charge in [0.1, 0.15) is 12.4 Å². The van der Waals surface area contributed by atoms with Crippen LogP contribution in [0.25, 0.3) is 16.3 Å². The summed E-state index contributed by atoms with van der Waals surface area (Å²) in [6, 6.07) is 16.3. The molecule has 0 radical (unpaired) electrons. The van der Waals surface area contributed by atoms with E-state index in [-0.39, 0.29) is 29.9 Å². The molecule has 0 aromatic heterocycles. The molecule has 1 atom stereocenters. The third-order valence-electron chi connectivity index (χ3n) is 9.19. The Labute approximate surface area is 381 Å². The van der Waals surface area contributed by atoms with Gasteiger partial charge in [0.05, 0.1) is 59.6 Å². The van der Waals surface area contributed by atoms with Crippen molar-refractivity contribution in [2.75, 3.05) is 74.1 Å². The predicted molar refractivity (Wildman–Crippen MR) is 256 cm³/mol. The molecule has 3 aromatic rings. The molecule has 0 spiro atoms. The minimum absolute atomic E-state index is 0.0366. The lowest BCUT2D eigenvalue weighted by Crippen LogP contribution is -2.27. The molecular formula is C51H71N3O10. The highest BCUT2D eigenvalue weighted by atomic mass is 16.5. The topological polar surface area (TPSA) is 160 Å². The van der Waals surface area contributed by atoms with E-state index in [0.717, 1.165) is 24.2 Å². The van der Waals surface area contributed by atoms with Gasteiger partial charge in [0.2, 0.25) is 5.91 Å². The van der Waals surface area contributed by atoms with Gasteiger partial charge in [-0.1, -0.05) is 50.3 Å². The van der Waals surface area contributed by atoms with Gasteiger partial charge in [-0.05, 0) is 130 Å². The molecule has 1 N–H and O–H groups in total. The number of amides is 1. The lowest BCUT2D eigenvalue weighted by molar-refractivity contribution is -0.121. The zero-order valence-corrected chi connectivity index (χ0v) is 39.8. The highest BCUT2D eigenvalue weighted by molar-refractivity contribution is 5.97. The molecule has 0 bridgehead atoms. The maximum absolute atomic E-state index is 11.9. The number of Topliss-reactive ketones (excluding diaryl/α,β-unsaturated/α-hetero) is 1. The van der Waals surface area contributed by atoms with Crippen LogP contribution in [0.2, 0.25) is 0 Å². The van der Waals surface area contributed by atoms with Gasteiger partial charge in [0, 0.05) is 25.6 Å². The number of hydrogen-bond acceptors (Lipinski definition) is 12. The van der Waals surface area contributed by atoms with Crippen LogP contribution >= 0.6 is 0 Å². The summed E-state index contributed by atoms with van der Waals surface area (Å²) in [7, 11) is 4.85. The van der Waals surface area contributed by atoms with E-state index in [2.05, 4.69) is 72.4 Å². The quantitative estimate of drug-likeness (QED) is 0.0257. The minimum atomic E-state index is -0.0970. The van der Waals surface area contributed by atoms with Crippen LogP contribution < -0.4 is 19.5 Å². The van der Waals surface area contributed by atoms with Crippen LogP contribution in [0.4, 0.5) is 0 Å². The number of nitrogens with zero attached hydrogens (tertiary/aromatic N) is 2. The number of carbonyl (C=O) groups is 4. The van der Waals surface area contributed by atoms with Crippen molar-refractivity contribution in [1.29, 1.82) is 0 Å². The number of carbonyl (C=O) groups excluding carboxylic acids is 4. The number of benzene rings is 3. The normalized spacial score (nSPS) is 11.9. The molecule has 3 rings (SSSR count). The molecule has 0 aliphatic heterocycles. The standard InChI is InChI=1S/C26H41N3O7.C19H22O.C6H8O2/c1-6-8-26(31)28-10-12-34-14-16-35-15-13-33-11-7-9-22(29-27-4)19-36-25-18-23(21(3)30)20(2)17-24(25)32-5;1-5-14(3)11-15(6-2)16-7-8-18-13-19(20-4)10-9-17(18)12-16;1-5(7)3-4-6(2)8/h9,17-18H,6-8,10-16,19H2,1-5H3,(H,28,31);5-10,12-14H,1,11H2,2-4H3;3-4H,1-2H3/b22-9-,29-27?;15-6+;4-3-. The van der Waals surface area contributed by atoms with Crippen LogP contribution in [0, 0.1) is 12.8 Å². The summed E-state index contributed by atoms with van der Waals surface area (Å²) in [4.78, 5) is 43.4. The van der Waals surface area contributed by atoms with Crippen molar-refractivity contribution >= 4 is 39.6 Å². The second kappa shape index (κ2) is 33.8. The molecule has 13 heteroatoms. The van der Waals surface area contributed by atoms with E-state index < -0.39 is 0 Å². The second-order valence-corrected chi connectivity index (χ2v) is 14.6. The fourth-order valence-electron chi connectivity index (χ4n) is 5.77. The van der Waals surface area contributed by atoms with Crippen LogP contribution in [0.5, 0.6) is 17.2 Å². The van der Waals surface area contributed by atoms with Gasteiger partial charge in [-0.3, -0.25) is 19.2 Å². The number of hydrogen-bond donors (Lipinski definition) is 1. The molecule has 13 nitrogen and oxygen atoms in total. The van der Waals surface area contributed by atoms with Crippen molar-refractivity contribution in [3.8, 4) is 17.2 Å². The molecule has 1 amide bonds. The molecule has 0 saturated carbocycles. The summed E-state index contributed by atoms with van der Waals surface area (Å²) >= 11 is 0. The maximum atomic E-state index is 11.9. The zero-order valence-electron chi connectivity index (χ0n) is 39.8. The van der Waals surface area contributed by atoms with Crippen LogP contribution in [0.15, 0.2) is 101 Å². The SMILES string of the molecule is C=CC(C)C/C(=C\C)c1ccc2cc(OC)ccc2c1.CC(=O)/C=C\C(C)=O.CCCC(=O)NCCOCCOCCOCC/C=C(/COc1cc(C(C)=O)c(C)cc1OC)N=NC. The van der Waals surface area contributed by atoms with Crippen LogP contribution in [0.3, 0.4) is 0 Å². The third-order valence-corrected chi connectivity index (χ3v) is 9.19. The number of aryl methyl sites for hydroxylation is 1. The van der Waals surface area contributed by atoms with Gasteiger partial charge >= 0.3 is 0 Å². The number of ketones is 3. The van der Waals surface area contributed by atoms with E-state index in [1.165, 1.54) is 54.8 Å². The number of methoxy groups -OCH3 is 2. The van der Waals surface area contributed by atoms with Gasteiger partial charge < -0.3 is 33.7 Å². The van der Waals surface area contributed by atoms with Gasteiger partial charge in [-0.15, -0.1) is 6.58 Å². The smallest absolute Gasteiger partial charge is 0.220 e. The van der Waals surface area contributed by atoms with E-state index >= 15 is 0 Å². The summed E-state index contributed by atoms with van der Waals surface area (Å²) in [5.74, 6) is 2.24. The summed E-state index contributed by atoms with van der Waals surface area (Å²) in [6.45, 7) is 19.9. The number of ether oxygens (including phenoxy) is 6. The van der Waals surface area contributed by atoms with Gasteiger partial charge in [0.25, 0.3) is 0 Å². The van der Waals surface area contributed by atoms with Crippen LogP contribution in [-0.4, -0.2) is 97.3 Å². The molecule has 0 fully saturated rings. The van der Waals surface area contributed by atoms with Crippen molar-refractivity contribution in [2.24, 2.45) is 16.1 Å². The predicted octanol–water partition coefficient (Wildman–Crippen LogP) is 10.1. The van der Waals surface area contributed by atoms with Crippen LogP contribution in [0.1, 0.15) is 88.7 Å². The summed E-state index contributed by atoms with van der Waals surface area (Å²) in [5.41, 5.74) is 4.73. The number of fused-ring (bicyclic) bond motifs is 1. The van der Waals surface area contributed by atoms with Crippen molar-refractivity contribution in [2.45, 2.75) is 74.1 Å². The molecular weight excluding hydrogens is 815 g/mol. The number of rotatable bonds is 27. The van der Waals surface area contributed by atoms with Crippen molar-refractivity contribution in [3.05, 3.63) is 108 Å². The van der Waals surface area contributed by atoms with Gasteiger partial charge in [-0.25, -0.2) is 0 Å². The Kier molecular flexibility index (Phi) is 29.7. The van der Waals surface area contributed by atoms with E-state index in [1.54, 1.807) is 33.4 Å². The van der Waals surface area contributed by atoms with Gasteiger partial charge in [-0.2, -0.15) is 10.2 Å². The number of nitrogens with one attached hydrogen (secondary N) is 1. The largest absolute Gasteiger partial charge is 0.497 e. The first-order valence-corrected chi connectivity index (χ1v) is 21.6. The van der Waals surface area contributed by atoms with Crippen molar-refractivity contribution in [3.63, 3.8) is 0 Å². The Morgan fingerprint density at radius 2 is 1.44 bits per heavy atom. The molecule has 1 unspecified atom stereocenters. The molecule has 0 saturated heterocycles. The number of azo groups is 1. The highest BCUT2D eigenvalue weighted by Crippen LogP contribution is 2.32. The lowest BCUT2D eigenvalue weighted by atomic mass is 9.93. The minimum Gasteiger partial charge on any atom is -0.497 e. The zero-order chi connectivity index (χ0) is 47.7. The van der Waals surface area contributed by atoms with Crippen molar-refractivity contribution in [1.82, 2.24) is 5.32 Å². The molecule has 0 aliphatic rings. The van der Waals surface area contributed by atoms with Crippen molar-refractivity contribution < 1.29 is 47.6 Å². The van der Waals surface area contributed by atoms with E-state index in [4.69, 9.17) is 28.4 Å². The first kappa shape index (κ1) is 56.3. The van der Waals surface area contributed by atoms with Gasteiger partial charge in [0.15, 0.2) is 28.8 Å². The molecule has 3 aromatic carbocycles. The Hall–Kier alpha value is -5.76. The first-order chi connectivity index (χ1) is 30.7. The second-order valence-electron chi connectivity index (χ2n) is 14.6. The monoisotopic (exact) mass is 886 g/mol. The van der Waals surface area contributed by atoms with E-state index in [1.807, 2.05) is 32.1 Å². The molecule has 64 heavy (non-hydrogen) atoms. The summed E-state index contributed by atoms with van der Waals surface area (Å²) in [6.07, 6.45) is 11.7. The maximum Gasteiger partial charge on any atom is 0.220 e. The van der Waals surface area contributed by atoms with Crippen LogP contribution in [-0.2, 0) is 28.6 Å². The average molecular weight is 886 g/mol. The fourth-order valence-corrected chi connectivity index (χ4v) is 5.77. The first-order valence-electron chi connectivity index (χ1n) is 21.6. The Balaban J connectivity index is 0.000000604. The Morgan fingerprint density at radius 1 is 0.812 bits per heavy atom. The molecule has 0 aliphatic carbocycles. The summed E-state index contributed by atoms with van der Waals surface area (Å²) in [5, 5.41) is 13.2. The Bertz CT molecular complexity index is 2020. The highest BCUT2D eigenvalue weighted by Gasteiger charge is 2.13. The average Bonchev–Trinajstić information content (AvgIpc) is 3.28. The lowest BCUT2D eigenvalue weighted by Gasteiger charge is -2.13. The third kappa shape index (κ3) is 24.2. The summed E-state index contributed by atoms with van der Waals surface area (Å²) < 4.78 is 33.0.